The molecule has 3 heterocycles. The van der Waals surface area contributed by atoms with Crippen LogP contribution >= 0.6 is 0 Å². The van der Waals surface area contributed by atoms with E-state index < -0.39 is 11.7 Å². The lowest BCUT2D eigenvalue weighted by atomic mass is 10.1. The smallest absolute Gasteiger partial charge is 0.348 e. The molecule has 1 N–H and O–H groups in total. The first kappa shape index (κ1) is 22.2. The maximum absolute atomic E-state index is 13.8. The van der Waals surface area contributed by atoms with E-state index in [2.05, 4.69) is 15.4 Å². The van der Waals surface area contributed by atoms with Crippen LogP contribution in [-0.4, -0.2) is 25.2 Å². The van der Waals surface area contributed by atoms with Gasteiger partial charge in [0.15, 0.2) is 5.65 Å². The molecule has 176 valence electrons. The summed E-state index contributed by atoms with van der Waals surface area (Å²) in [6, 6.07) is 12.5. The van der Waals surface area contributed by atoms with Crippen molar-refractivity contribution in [3.63, 3.8) is 0 Å². The standard InChI is InChI=1S/C25H24F3N5O/c1-15(17-7-9-19(10-8-17)32-11-3-4-12-32)29-22(34)14-33-24-23(16(2)31-33)20(25(26,27)28)13-21(30-24)18-5-6-18/h3-4,7-13,15,18H,5-6,14H2,1-2H3,(H,29,34). The number of fused-ring (bicyclic) bond motifs is 1. The van der Waals surface area contributed by atoms with Gasteiger partial charge in [-0.15, -0.1) is 0 Å². The van der Waals surface area contributed by atoms with Gasteiger partial charge in [-0.3, -0.25) is 4.79 Å². The van der Waals surface area contributed by atoms with Gasteiger partial charge >= 0.3 is 6.18 Å². The highest BCUT2D eigenvalue weighted by Crippen LogP contribution is 2.43. The molecule has 1 saturated carbocycles. The van der Waals surface area contributed by atoms with Gasteiger partial charge in [0.1, 0.15) is 6.54 Å². The zero-order valence-corrected chi connectivity index (χ0v) is 18.8. The van der Waals surface area contributed by atoms with Crippen molar-refractivity contribution in [2.24, 2.45) is 0 Å². The molecule has 1 fully saturated rings. The third-order valence-corrected chi connectivity index (χ3v) is 6.16. The molecule has 0 aliphatic heterocycles. The van der Waals surface area contributed by atoms with Gasteiger partial charge < -0.3 is 9.88 Å². The Kier molecular flexibility index (Phi) is 5.42. The Bertz CT molecular complexity index is 1340. The second-order valence-electron chi connectivity index (χ2n) is 8.78. The van der Waals surface area contributed by atoms with Crippen molar-refractivity contribution in [1.82, 2.24) is 24.6 Å². The quantitative estimate of drug-likeness (QED) is 0.418. The maximum Gasteiger partial charge on any atom is 0.417 e. The number of aryl methyl sites for hydroxylation is 1. The number of benzene rings is 1. The highest BCUT2D eigenvalue weighted by molar-refractivity contribution is 5.85. The predicted octanol–water partition coefficient (Wildman–Crippen LogP) is 5.30. The molecule has 0 radical (unpaired) electrons. The van der Waals surface area contributed by atoms with Crippen LogP contribution in [0.15, 0.2) is 54.9 Å². The Morgan fingerprint density at radius 2 is 1.85 bits per heavy atom. The predicted molar refractivity (Wildman–Crippen MR) is 122 cm³/mol. The molecule has 1 atom stereocenters. The van der Waals surface area contributed by atoms with E-state index in [1.807, 2.05) is 60.3 Å². The molecule has 0 saturated heterocycles. The first-order valence-corrected chi connectivity index (χ1v) is 11.2. The lowest BCUT2D eigenvalue weighted by Gasteiger charge is -2.15. The summed E-state index contributed by atoms with van der Waals surface area (Å²) in [6.07, 6.45) is 1.02. The topological polar surface area (TPSA) is 64.7 Å². The van der Waals surface area contributed by atoms with E-state index in [9.17, 15) is 18.0 Å². The number of nitrogens with zero attached hydrogens (tertiary/aromatic N) is 4. The number of aromatic nitrogens is 4. The van der Waals surface area contributed by atoms with Crippen molar-refractivity contribution < 1.29 is 18.0 Å². The van der Waals surface area contributed by atoms with Crippen LogP contribution in [0.4, 0.5) is 13.2 Å². The zero-order valence-electron chi connectivity index (χ0n) is 18.8. The van der Waals surface area contributed by atoms with Crippen LogP contribution in [-0.2, 0) is 17.5 Å². The van der Waals surface area contributed by atoms with Gasteiger partial charge in [-0.2, -0.15) is 18.3 Å². The average molecular weight is 467 g/mol. The second kappa shape index (κ2) is 8.30. The van der Waals surface area contributed by atoms with Gasteiger partial charge in [0, 0.05) is 29.7 Å². The second-order valence-corrected chi connectivity index (χ2v) is 8.78. The lowest BCUT2D eigenvalue weighted by Crippen LogP contribution is -2.30. The van der Waals surface area contributed by atoms with Crippen molar-refractivity contribution in [2.75, 3.05) is 0 Å². The SMILES string of the molecule is Cc1nn(CC(=O)NC(C)c2ccc(-n3cccc3)cc2)c2nc(C3CC3)cc(C(F)(F)F)c12. The third kappa shape index (κ3) is 4.30. The molecular weight excluding hydrogens is 443 g/mol. The third-order valence-electron chi connectivity index (χ3n) is 6.16. The molecule has 1 unspecified atom stereocenters. The Hall–Kier alpha value is -3.62. The van der Waals surface area contributed by atoms with E-state index in [0.29, 0.717) is 5.69 Å². The maximum atomic E-state index is 13.8. The Balaban J connectivity index is 1.36. The Labute approximate surface area is 194 Å². The molecule has 1 aromatic carbocycles. The number of carbonyl (C=O) groups is 1. The lowest BCUT2D eigenvalue weighted by molar-refractivity contribution is -0.136. The van der Waals surface area contributed by atoms with Crippen molar-refractivity contribution in [2.45, 2.75) is 51.4 Å². The van der Waals surface area contributed by atoms with Gasteiger partial charge in [0.05, 0.1) is 22.7 Å². The summed E-state index contributed by atoms with van der Waals surface area (Å²) in [5.74, 6) is -0.309. The Morgan fingerprint density at radius 3 is 2.47 bits per heavy atom. The molecule has 34 heavy (non-hydrogen) atoms. The minimum Gasteiger partial charge on any atom is -0.348 e. The normalized spacial score (nSPS) is 15.0. The number of halogens is 3. The van der Waals surface area contributed by atoms with E-state index in [1.165, 1.54) is 11.6 Å². The van der Waals surface area contributed by atoms with Gasteiger partial charge in [-0.05, 0) is 62.6 Å². The summed E-state index contributed by atoms with van der Waals surface area (Å²) in [6.45, 7) is 3.16. The van der Waals surface area contributed by atoms with E-state index in [-0.39, 0.29) is 41.1 Å². The Morgan fingerprint density at radius 1 is 1.18 bits per heavy atom. The number of hydrogen-bond acceptors (Lipinski definition) is 3. The van der Waals surface area contributed by atoms with Crippen LogP contribution in [0, 0.1) is 6.92 Å². The molecule has 0 spiro atoms. The largest absolute Gasteiger partial charge is 0.417 e. The van der Waals surface area contributed by atoms with Crippen LogP contribution < -0.4 is 5.32 Å². The summed E-state index contributed by atoms with van der Waals surface area (Å²) >= 11 is 0. The van der Waals surface area contributed by atoms with Gasteiger partial charge in [-0.25, -0.2) is 9.67 Å². The molecule has 4 aromatic rings. The van der Waals surface area contributed by atoms with Crippen LogP contribution in [0.3, 0.4) is 0 Å². The van der Waals surface area contributed by atoms with Crippen LogP contribution in [0.25, 0.3) is 16.7 Å². The summed E-state index contributed by atoms with van der Waals surface area (Å²) in [7, 11) is 0. The summed E-state index contributed by atoms with van der Waals surface area (Å²) in [5, 5.41) is 7.10. The van der Waals surface area contributed by atoms with Gasteiger partial charge in [-0.1, -0.05) is 12.1 Å². The minimum atomic E-state index is -4.52. The van der Waals surface area contributed by atoms with Crippen molar-refractivity contribution in [3.8, 4) is 5.69 Å². The number of rotatable bonds is 6. The minimum absolute atomic E-state index is 0.0394. The summed E-state index contributed by atoms with van der Waals surface area (Å²) in [4.78, 5) is 17.3. The van der Waals surface area contributed by atoms with E-state index >= 15 is 0 Å². The number of hydrogen-bond donors (Lipinski definition) is 1. The molecule has 0 bridgehead atoms. The number of amides is 1. The number of alkyl halides is 3. The fraction of sp³-hybridized carbons (Fsp3) is 0.320. The van der Waals surface area contributed by atoms with Crippen LogP contribution in [0.2, 0.25) is 0 Å². The number of pyridine rings is 1. The first-order chi connectivity index (χ1) is 16.2. The molecule has 9 heteroatoms. The fourth-order valence-electron chi connectivity index (χ4n) is 4.24. The first-order valence-electron chi connectivity index (χ1n) is 11.2. The van der Waals surface area contributed by atoms with Gasteiger partial charge in [0.25, 0.3) is 0 Å². The zero-order chi connectivity index (χ0) is 24.0. The fourth-order valence-corrected chi connectivity index (χ4v) is 4.24. The van der Waals surface area contributed by atoms with Crippen molar-refractivity contribution in [3.05, 3.63) is 77.4 Å². The monoisotopic (exact) mass is 467 g/mol. The van der Waals surface area contributed by atoms with Crippen molar-refractivity contribution in [1.29, 1.82) is 0 Å². The highest BCUT2D eigenvalue weighted by atomic mass is 19.4. The van der Waals surface area contributed by atoms with Crippen LogP contribution in [0.5, 0.6) is 0 Å². The molecule has 3 aromatic heterocycles. The van der Waals surface area contributed by atoms with Crippen molar-refractivity contribution >= 4 is 16.9 Å². The van der Waals surface area contributed by atoms with Gasteiger partial charge in [0.2, 0.25) is 5.91 Å². The average Bonchev–Trinajstić information content (AvgIpc) is 3.41. The van der Waals surface area contributed by atoms with E-state index in [0.717, 1.165) is 30.2 Å². The van der Waals surface area contributed by atoms with E-state index in [4.69, 9.17) is 0 Å². The summed E-state index contributed by atoms with van der Waals surface area (Å²) < 4.78 is 44.6. The summed E-state index contributed by atoms with van der Waals surface area (Å²) in [5.41, 5.74) is 1.91. The number of carbonyl (C=O) groups excluding carboxylic acids is 1. The molecule has 1 aliphatic carbocycles. The van der Waals surface area contributed by atoms with E-state index in [1.54, 1.807) is 0 Å². The molecule has 1 amide bonds. The molecule has 5 rings (SSSR count). The molecule has 1 aliphatic rings. The van der Waals surface area contributed by atoms with Crippen LogP contribution in [0.1, 0.15) is 54.2 Å². The number of nitrogens with one attached hydrogen (secondary N) is 1. The highest BCUT2D eigenvalue weighted by Gasteiger charge is 2.37. The molecular formula is C25H24F3N5O. The molecule has 6 nitrogen and oxygen atoms in total.